The maximum Gasteiger partial charge on any atom is 0.229 e. The van der Waals surface area contributed by atoms with Crippen molar-refractivity contribution in [2.45, 2.75) is 0 Å². The van der Waals surface area contributed by atoms with E-state index in [-0.39, 0.29) is 15.3 Å². The van der Waals surface area contributed by atoms with Gasteiger partial charge in [0.15, 0.2) is 5.65 Å². The lowest BCUT2D eigenvalue weighted by Gasteiger charge is -2.00. The van der Waals surface area contributed by atoms with Crippen LogP contribution in [-0.4, -0.2) is 14.6 Å². The fraction of sp³-hybridized carbons (Fsp3) is 0. The van der Waals surface area contributed by atoms with Gasteiger partial charge >= 0.3 is 0 Å². The van der Waals surface area contributed by atoms with Crippen molar-refractivity contribution in [1.29, 1.82) is 0 Å². The lowest BCUT2D eigenvalue weighted by Crippen LogP contribution is -1.87. The number of rotatable bonds is 0. The van der Waals surface area contributed by atoms with E-state index in [2.05, 4.69) is 10.2 Å². The molecule has 7 heteroatoms. The Labute approximate surface area is 93.2 Å². The van der Waals surface area contributed by atoms with Crippen LogP contribution in [0.2, 0.25) is 20.4 Å². The van der Waals surface area contributed by atoms with Gasteiger partial charge < -0.3 is 0 Å². The molecule has 0 atom stereocenters. The first-order valence-electron chi connectivity index (χ1n) is 3.15. The van der Waals surface area contributed by atoms with Crippen molar-refractivity contribution >= 4 is 52.1 Å². The Morgan fingerprint density at radius 1 is 1.00 bits per heavy atom. The summed E-state index contributed by atoms with van der Waals surface area (Å²) in [6.07, 6.45) is 1.51. The minimum atomic E-state index is 0.190. The summed E-state index contributed by atoms with van der Waals surface area (Å²) in [5, 5.41) is 8.33. The first-order valence-corrected chi connectivity index (χ1v) is 4.66. The summed E-state index contributed by atoms with van der Waals surface area (Å²) in [6, 6.07) is 0. The fourth-order valence-electron chi connectivity index (χ4n) is 0.909. The Kier molecular flexibility index (Phi) is 2.28. The van der Waals surface area contributed by atoms with Gasteiger partial charge in [-0.05, 0) is 11.6 Å². The first-order chi connectivity index (χ1) is 6.11. The molecule has 2 aromatic heterocycles. The zero-order valence-electron chi connectivity index (χ0n) is 5.93. The van der Waals surface area contributed by atoms with Crippen molar-refractivity contribution in [2.75, 3.05) is 0 Å². The smallest absolute Gasteiger partial charge is 0.229 e. The van der Waals surface area contributed by atoms with E-state index in [1.807, 2.05) is 0 Å². The quantitative estimate of drug-likeness (QED) is 0.724. The Morgan fingerprint density at radius 2 is 1.69 bits per heavy atom. The molecule has 0 aliphatic rings. The number of halogens is 4. The number of nitrogens with zero attached hydrogens (tertiary/aromatic N) is 3. The van der Waals surface area contributed by atoms with E-state index in [1.165, 1.54) is 10.6 Å². The summed E-state index contributed by atoms with van der Waals surface area (Å²) in [7, 11) is 0. The summed E-state index contributed by atoms with van der Waals surface area (Å²) in [4.78, 5) is 0. The molecule has 0 N–H and O–H groups in total. The molecule has 2 aromatic rings. The fourth-order valence-corrected chi connectivity index (χ4v) is 1.68. The van der Waals surface area contributed by atoms with Gasteiger partial charge in [-0.1, -0.05) is 34.8 Å². The number of fused-ring (bicyclic) bond motifs is 1. The Bertz CT molecular complexity index is 478. The molecule has 0 amide bonds. The van der Waals surface area contributed by atoms with Gasteiger partial charge in [0.05, 0.1) is 10.0 Å². The molecule has 2 heterocycles. The predicted octanol–water partition coefficient (Wildman–Crippen LogP) is 3.34. The van der Waals surface area contributed by atoms with Crippen LogP contribution in [0.3, 0.4) is 0 Å². The molecule has 0 radical (unpaired) electrons. The standard InChI is InChI=1S/C6HCl4N3/c7-2-1-13-5(4(9)3(2)8)11-12-6(13)10/h1H. The van der Waals surface area contributed by atoms with Gasteiger partial charge in [0, 0.05) is 6.20 Å². The monoisotopic (exact) mass is 255 g/mol. The Morgan fingerprint density at radius 3 is 2.38 bits per heavy atom. The summed E-state index contributed by atoms with van der Waals surface area (Å²) in [5.74, 6) is 0. The van der Waals surface area contributed by atoms with Gasteiger partial charge in [0.25, 0.3) is 0 Å². The molecule has 0 aromatic carbocycles. The van der Waals surface area contributed by atoms with E-state index in [4.69, 9.17) is 46.4 Å². The average Bonchev–Trinajstić information content (AvgIpc) is 2.45. The first kappa shape index (κ1) is 9.34. The second-order valence-corrected chi connectivity index (χ2v) is 3.77. The SMILES string of the molecule is Clc1cn2c(Cl)nnc2c(Cl)c1Cl. The van der Waals surface area contributed by atoms with Crippen molar-refractivity contribution in [3.63, 3.8) is 0 Å². The molecule has 0 unspecified atom stereocenters. The lowest BCUT2D eigenvalue weighted by molar-refractivity contribution is 1.10. The Balaban J connectivity index is 2.96. The van der Waals surface area contributed by atoms with Gasteiger partial charge in [-0.2, -0.15) is 0 Å². The highest BCUT2D eigenvalue weighted by molar-refractivity contribution is 6.49. The van der Waals surface area contributed by atoms with Crippen LogP contribution in [0.4, 0.5) is 0 Å². The molecule has 0 aliphatic carbocycles. The molecule has 68 valence electrons. The van der Waals surface area contributed by atoms with Crippen LogP contribution in [0.15, 0.2) is 6.20 Å². The Hall–Kier alpha value is -0.220. The third-order valence-electron chi connectivity index (χ3n) is 1.50. The molecular weight excluding hydrogens is 256 g/mol. The third kappa shape index (κ3) is 1.36. The summed E-state index contributed by atoms with van der Waals surface area (Å²) >= 11 is 23.1. The zero-order valence-corrected chi connectivity index (χ0v) is 8.95. The second-order valence-electron chi connectivity index (χ2n) is 2.27. The topological polar surface area (TPSA) is 30.2 Å². The van der Waals surface area contributed by atoms with Gasteiger partial charge in [-0.15, -0.1) is 10.2 Å². The van der Waals surface area contributed by atoms with E-state index < -0.39 is 0 Å². The molecule has 0 aliphatic heterocycles. The lowest BCUT2D eigenvalue weighted by atomic mass is 10.5. The van der Waals surface area contributed by atoms with E-state index in [0.29, 0.717) is 10.7 Å². The molecule has 2 rings (SSSR count). The summed E-state index contributed by atoms with van der Waals surface area (Å²) in [5.41, 5.74) is 0.390. The van der Waals surface area contributed by atoms with Crippen molar-refractivity contribution in [1.82, 2.24) is 14.6 Å². The van der Waals surface area contributed by atoms with Gasteiger partial charge in [-0.3, -0.25) is 4.40 Å². The van der Waals surface area contributed by atoms with Gasteiger partial charge in [-0.25, -0.2) is 0 Å². The van der Waals surface area contributed by atoms with Crippen LogP contribution in [0.1, 0.15) is 0 Å². The normalized spacial score (nSPS) is 11.1. The predicted molar refractivity (Wildman–Crippen MR) is 53.0 cm³/mol. The van der Waals surface area contributed by atoms with Crippen LogP contribution in [-0.2, 0) is 0 Å². The van der Waals surface area contributed by atoms with Crippen LogP contribution in [0.5, 0.6) is 0 Å². The van der Waals surface area contributed by atoms with E-state index in [0.717, 1.165) is 0 Å². The van der Waals surface area contributed by atoms with Crippen LogP contribution >= 0.6 is 46.4 Å². The summed E-state index contributed by atoms with van der Waals surface area (Å²) < 4.78 is 1.46. The number of hydrogen-bond donors (Lipinski definition) is 0. The third-order valence-corrected chi connectivity index (χ3v) is 2.98. The molecule has 0 spiro atoms. The molecule has 0 bridgehead atoms. The maximum absolute atomic E-state index is 5.85. The second kappa shape index (κ2) is 3.17. The molecule has 13 heavy (non-hydrogen) atoms. The average molecular weight is 257 g/mol. The molecular formula is C6HCl4N3. The number of hydrogen-bond acceptors (Lipinski definition) is 2. The van der Waals surface area contributed by atoms with E-state index in [1.54, 1.807) is 0 Å². The number of pyridine rings is 1. The van der Waals surface area contributed by atoms with Crippen molar-refractivity contribution in [2.24, 2.45) is 0 Å². The highest BCUT2D eigenvalue weighted by Gasteiger charge is 2.12. The highest BCUT2D eigenvalue weighted by atomic mass is 35.5. The maximum atomic E-state index is 5.85. The van der Waals surface area contributed by atoms with Gasteiger partial charge in [0.1, 0.15) is 5.02 Å². The van der Waals surface area contributed by atoms with Crippen molar-refractivity contribution in [3.8, 4) is 0 Å². The minimum Gasteiger partial charge on any atom is -0.270 e. The summed E-state index contributed by atoms with van der Waals surface area (Å²) in [6.45, 7) is 0. The van der Waals surface area contributed by atoms with Gasteiger partial charge in [0.2, 0.25) is 5.28 Å². The van der Waals surface area contributed by atoms with Crippen LogP contribution in [0.25, 0.3) is 5.65 Å². The van der Waals surface area contributed by atoms with Crippen molar-refractivity contribution in [3.05, 3.63) is 26.5 Å². The zero-order chi connectivity index (χ0) is 9.59. The molecule has 0 saturated heterocycles. The molecule has 0 fully saturated rings. The molecule has 0 saturated carbocycles. The van der Waals surface area contributed by atoms with Crippen molar-refractivity contribution < 1.29 is 0 Å². The van der Waals surface area contributed by atoms with Crippen LogP contribution < -0.4 is 0 Å². The number of aromatic nitrogens is 3. The minimum absolute atomic E-state index is 0.190. The molecule has 3 nitrogen and oxygen atoms in total. The van der Waals surface area contributed by atoms with Crippen LogP contribution in [0, 0.1) is 0 Å². The highest BCUT2D eigenvalue weighted by Crippen LogP contribution is 2.33. The van der Waals surface area contributed by atoms with E-state index >= 15 is 0 Å². The van der Waals surface area contributed by atoms with E-state index in [9.17, 15) is 0 Å². The largest absolute Gasteiger partial charge is 0.270 e.